The van der Waals surface area contributed by atoms with Crippen molar-refractivity contribution < 1.29 is 18.5 Å². The first-order chi connectivity index (χ1) is 14.7. The van der Waals surface area contributed by atoms with Gasteiger partial charge in [-0.3, -0.25) is 14.6 Å². The van der Waals surface area contributed by atoms with E-state index in [1.54, 1.807) is 13.4 Å². The van der Waals surface area contributed by atoms with E-state index in [2.05, 4.69) is 25.3 Å². The second kappa shape index (κ2) is 9.55. The number of hydrogen-bond acceptors (Lipinski definition) is 8. The maximum Gasteiger partial charge on any atom is 0.241 e. The zero-order valence-corrected chi connectivity index (χ0v) is 16.9. The molecule has 3 aromatic rings. The number of rotatable bonds is 8. The summed E-state index contributed by atoms with van der Waals surface area (Å²) >= 11 is 0. The van der Waals surface area contributed by atoms with E-state index in [1.807, 2.05) is 36.4 Å². The summed E-state index contributed by atoms with van der Waals surface area (Å²) in [6.07, 6.45) is 1.60. The van der Waals surface area contributed by atoms with Crippen LogP contribution in [0.25, 0.3) is 11.4 Å². The molecule has 1 amide bonds. The summed E-state index contributed by atoms with van der Waals surface area (Å²) in [7, 11) is 1.63. The van der Waals surface area contributed by atoms with Crippen molar-refractivity contribution in [3.8, 4) is 17.1 Å². The number of nitrogens with one attached hydrogen (secondary N) is 1. The topological polar surface area (TPSA) is 96.9 Å². The molecule has 1 saturated heterocycles. The zero-order chi connectivity index (χ0) is 20.8. The lowest BCUT2D eigenvalue weighted by molar-refractivity contribution is -0.123. The molecule has 0 saturated carbocycles. The molecular formula is C21H25N5O4. The van der Waals surface area contributed by atoms with E-state index in [0.29, 0.717) is 31.3 Å². The second-order valence-corrected chi connectivity index (χ2v) is 7.15. The van der Waals surface area contributed by atoms with Gasteiger partial charge in [0.05, 0.1) is 33.0 Å². The van der Waals surface area contributed by atoms with Crippen molar-refractivity contribution in [1.29, 1.82) is 0 Å². The standard InChI is InChI=1S/C21H25N5O4/c1-28-17-6-4-16(5-7-17)21-23-20(30-24-21)15-26-10-8-25(9-11-26)14-19(27)22-13-18-3-2-12-29-18/h2-7,12H,8-11,13-15H2,1H3,(H,22,27). The van der Waals surface area contributed by atoms with Crippen LogP contribution in [0.5, 0.6) is 5.75 Å². The van der Waals surface area contributed by atoms with Crippen LogP contribution < -0.4 is 10.1 Å². The van der Waals surface area contributed by atoms with Crippen molar-refractivity contribution in [2.75, 3.05) is 39.8 Å². The molecule has 1 aromatic carbocycles. The van der Waals surface area contributed by atoms with Crippen LogP contribution >= 0.6 is 0 Å². The molecule has 158 valence electrons. The van der Waals surface area contributed by atoms with E-state index < -0.39 is 0 Å². The molecule has 2 aromatic heterocycles. The van der Waals surface area contributed by atoms with E-state index >= 15 is 0 Å². The van der Waals surface area contributed by atoms with Crippen LogP contribution in [0.2, 0.25) is 0 Å². The molecule has 0 unspecified atom stereocenters. The number of ether oxygens (including phenoxy) is 1. The van der Waals surface area contributed by atoms with Crippen LogP contribution in [0, 0.1) is 0 Å². The highest BCUT2D eigenvalue weighted by Crippen LogP contribution is 2.20. The molecule has 0 aliphatic carbocycles. The number of aromatic nitrogens is 2. The Morgan fingerprint density at radius 3 is 2.60 bits per heavy atom. The number of furan rings is 1. The van der Waals surface area contributed by atoms with Gasteiger partial charge in [-0.15, -0.1) is 0 Å². The lowest BCUT2D eigenvalue weighted by Crippen LogP contribution is -2.49. The maximum absolute atomic E-state index is 12.1. The molecule has 0 spiro atoms. The third-order valence-corrected chi connectivity index (χ3v) is 5.05. The van der Waals surface area contributed by atoms with Gasteiger partial charge in [-0.1, -0.05) is 5.16 Å². The number of methoxy groups -OCH3 is 1. The van der Waals surface area contributed by atoms with Crippen molar-refractivity contribution in [3.63, 3.8) is 0 Å². The first kappa shape index (κ1) is 20.1. The number of carbonyl (C=O) groups excluding carboxylic acids is 1. The quantitative estimate of drug-likeness (QED) is 0.599. The van der Waals surface area contributed by atoms with Gasteiger partial charge in [-0.2, -0.15) is 4.98 Å². The monoisotopic (exact) mass is 411 g/mol. The lowest BCUT2D eigenvalue weighted by atomic mass is 10.2. The fraction of sp³-hybridized carbons (Fsp3) is 0.381. The number of amides is 1. The Bertz CT molecular complexity index is 931. The number of benzene rings is 1. The number of piperazine rings is 1. The van der Waals surface area contributed by atoms with Gasteiger partial charge in [0.25, 0.3) is 0 Å². The van der Waals surface area contributed by atoms with Gasteiger partial charge in [0.1, 0.15) is 11.5 Å². The molecular weight excluding hydrogens is 386 g/mol. The highest BCUT2D eigenvalue weighted by atomic mass is 16.5. The van der Waals surface area contributed by atoms with Gasteiger partial charge >= 0.3 is 0 Å². The van der Waals surface area contributed by atoms with E-state index in [4.69, 9.17) is 13.7 Å². The molecule has 3 heterocycles. The Balaban J connectivity index is 1.21. The molecule has 9 nitrogen and oxygen atoms in total. The van der Waals surface area contributed by atoms with Crippen LogP contribution in [-0.2, 0) is 17.9 Å². The fourth-order valence-corrected chi connectivity index (χ4v) is 3.33. The van der Waals surface area contributed by atoms with Crippen LogP contribution in [0.3, 0.4) is 0 Å². The van der Waals surface area contributed by atoms with Crippen LogP contribution in [0.4, 0.5) is 0 Å². The summed E-state index contributed by atoms with van der Waals surface area (Å²) in [4.78, 5) is 21.0. The number of carbonyl (C=O) groups is 1. The van der Waals surface area contributed by atoms with Crippen molar-refractivity contribution in [1.82, 2.24) is 25.3 Å². The normalized spacial score (nSPS) is 15.2. The smallest absolute Gasteiger partial charge is 0.241 e. The summed E-state index contributed by atoms with van der Waals surface area (Å²) in [5.41, 5.74) is 0.885. The first-order valence-electron chi connectivity index (χ1n) is 9.90. The largest absolute Gasteiger partial charge is 0.497 e. The fourth-order valence-electron chi connectivity index (χ4n) is 3.33. The average molecular weight is 411 g/mol. The van der Waals surface area contributed by atoms with Crippen LogP contribution in [0.1, 0.15) is 11.7 Å². The van der Waals surface area contributed by atoms with Crippen molar-refractivity contribution in [2.24, 2.45) is 0 Å². The summed E-state index contributed by atoms with van der Waals surface area (Å²) in [5.74, 6) is 2.70. The minimum absolute atomic E-state index is 0.000819. The van der Waals surface area contributed by atoms with Crippen molar-refractivity contribution in [3.05, 3.63) is 54.3 Å². The van der Waals surface area contributed by atoms with E-state index in [9.17, 15) is 4.79 Å². The highest BCUT2D eigenvalue weighted by Gasteiger charge is 2.21. The predicted molar refractivity (Wildman–Crippen MR) is 109 cm³/mol. The number of nitrogens with zero attached hydrogens (tertiary/aromatic N) is 4. The Morgan fingerprint density at radius 2 is 1.90 bits per heavy atom. The van der Waals surface area contributed by atoms with E-state index in [-0.39, 0.29) is 5.91 Å². The van der Waals surface area contributed by atoms with Gasteiger partial charge in [-0.25, -0.2) is 0 Å². The maximum atomic E-state index is 12.1. The van der Waals surface area contributed by atoms with Gasteiger partial charge < -0.3 is 19.0 Å². The molecule has 1 aliphatic rings. The van der Waals surface area contributed by atoms with Gasteiger partial charge in [-0.05, 0) is 36.4 Å². The number of hydrogen-bond donors (Lipinski definition) is 1. The van der Waals surface area contributed by atoms with Gasteiger partial charge in [0.2, 0.25) is 17.6 Å². The molecule has 0 atom stereocenters. The molecule has 1 N–H and O–H groups in total. The molecule has 0 bridgehead atoms. The molecule has 1 aliphatic heterocycles. The second-order valence-electron chi connectivity index (χ2n) is 7.15. The molecule has 1 fully saturated rings. The Hall–Kier alpha value is -3.17. The third-order valence-electron chi connectivity index (χ3n) is 5.05. The van der Waals surface area contributed by atoms with Crippen molar-refractivity contribution >= 4 is 5.91 Å². The van der Waals surface area contributed by atoms with Crippen molar-refractivity contribution in [2.45, 2.75) is 13.1 Å². The van der Waals surface area contributed by atoms with E-state index in [1.165, 1.54) is 0 Å². The van der Waals surface area contributed by atoms with Gasteiger partial charge in [0.15, 0.2) is 0 Å². The Kier molecular flexibility index (Phi) is 6.41. The SMILES string of the molecule is COc1ccc(-c2noc(CN3CCN(CC(=O)NCc4ccco4)CC3)n2)cc1. The Labute approximate surface area is 174 Å². The minimum Gasteiger partial charge on any atom is -0.497 e. The molecule has 9 heteroatoms. The minimum atomic E-state index is 0.000819. The first-order valence-corrected chi connectivity index (χ1v) is 9.90. The average Bonchev–Trinajstić information content (AvgIpc) is 3.46. The summed E-state index contributed by atoms with van der Waals surface area (Å²) < 4.78 is 15.8. The molecule has 0 radical (unpaired) electrons. The highest BCUT2D eigenvalue weighted by molar-refractivity contribution is 5.77. The lowest BCUT2D eigenvalue weighted by Gasteiger charge is -2.33. The van der Waals surface area contributed by atoms with Crippen LogP contribution in [0.15, 0.2) is 51.6 Å². The predicted octanol–water partition coefficient (Wildman–Crippen LogP) is 1.77. The summed E-state index contributed by atoms with van der Waals surface area (Å²) in [5, 5.41) is 6.96. The summed E-state index contributed by atoms with van der Waals surface area (Å²) in [6.45, 7) is 4.70. The Morgan fingerprint density at radius 1 is 1.13 bits per heavy atom. The third kappa shape index (κ3) is 5.25. The van der Waals surface area contributed by atoms with Gasteiger partial charge in [0, 0.05) is 31.7 Å². The van der Waals surface area contributed by atoms with Crippen LogP contribution in [-0.4, -0.2) is 65.7 Å². The molecule has 4 rings (SSSR count). The zero-order valence-electron chi connectivity index (χ0n) is 16.9. The van der Waals surface area contributed by atoms with E-state index in [0.717, 1.165) is 43.3 Å². The molecule has 30 heavy (non-hydrogen) atoms. The summed E-state index contributed by atoms with van der Waals surface area (Å²) in [6, 6.07) is 11.2.